The van der Waals surface area contributed by atoms with Crippen LogP contribution in [0.15, 0.2) is 42.0 Å². The van der Waals surface area contributed by atoms with Gasteiger partial charge in [-0.15, -0.1) is 0 Å². The maximum atomic E-state index is 6.54. The Balaban J connectivity index is 1.50. The van der Waals surface area contributed by atoms with Gasteiger partial charge >= 0.3 is 150 Å². The second-order valence-corrected chi connectivity index (χ2v) is 10.2. The number of rotatable bonds is 6. The molecule has 0 amide bonds. The Labute approximate surface area is 149 Å². The van der Waals surface area contributed by atoms with E-state index < -0.39 is 5.79 Å². The van der Waals surface area contributed by atoms with E-state index in [2.05, 4.69) is 43.3 Å². The number of benzene rings is 1. The number of fused-ring (bicyclic) bond motifs is 2. The molecule has 5 rings (SSSR count). The van der Waals surface area contributed by atoms with E-state index in [0.29, 0.717) is 25.9 Å². The molecule has 24 heavy (non-hydrogen) atoms. The molecule has 1 aromatic carbocycles. The minimum absolute atomic E-state index is 0.0156. The molecule has 3 nitrogen and oxygen atoms in total. The summed E-state index contributed by atoms with van der Waals surface area (Å²) >= 11 is 0.310. The van der Waals surface area contributed by atoms with Gasteiger partial charge in [0.1, 0.15) is 0 Å². The molecule has 4 atom stereocenters. The summed E-state index contributed by atoms with van der Waals surface area (Å²) < 4.78 is 20.2. The fraction of sp³-hybridized carbons (Fsp3) is 0.600. The average Bonchev–Trinajstić information content (AvgIpc) is 3.48. The molecule has 2 saturated heterocycles. The van der Waals surface area contributed by atoms with Crippen molar-refractivity contribution in [1.82, 2.24) is 0 Å². The van der Waals surface area contributed by atoms with Gasteiger partial charge in [-0.05, 0) is 0 Å². The molecule has 4 aliphatic rings. The summed E-state index contributed by atoms with van der Waals surface area (Å²) in [5.41, 5.74) is 1.42. The Kier molecular flexibility index (Phi) is 3.70. The third kappa shape index (κ3) is 2.60. The van der Waals surface area contributed by atoms with Crippen molar-refractivity contribution in [2.45, 2.75) is 42.9 Å². The van der Waals surface area contributed by atoms with Crippen molar-refractivity contribution < 1.29 is 14.2 Å². The molecule has 0 spiro atoms. The summed E-state index contributed by atoms with van der Waals surface area (Å²) in [6.07, 6.45) is 6.32. The van der Waals surface area contributed by atoms with Gasteiger partial charge < -0.3 is 0 Å². The third-order valence-corrected chi connectivity index (χ3v) is 9.00. The zero-order chi connectivity index (χ0) is 16.2. The molecule has 0 unspecified atom stereocenters. The Bertz CT molecular complexity index is 652. The monoisotopic (exact) mass is 392 g/mol. The first kappa shape index (κ1) is 15.6. The Hall–Kier alpha value is -0.641. The van der Waals surface area contributed by atoms with Crippen molar-refractivity contribution in [3.05, 3.63) is 42.0 Å². The van der Waals surface area contributed by atoms with Crippen molar-refractivity contribution in [3.8, 4) is 0 Å². The molecule has 0 N–H and O–H groups in total. The van der Waals surface area contributed by atoms with Crippen LogP contribution in [0.25, 0.3) is 0 Å². The van der Waals surface area contributed by atoms with Gasteiger partial charge in [0.05, 0.1) is 0 Å². The predicted octanol–water partition coefficient (Wildman–Crippen LogP) is 2.69. The van der Waals surface area contributed by atoms with Crippen molar-refractivity contribution in [2.75, 3.05) is 19.8 Å². The van der Waals surface area contributed by atoms with Crippen LogP contribution in [-0.4, -0.2) is 46.7 Å². The van der Waals surface area contributed by atoms with E-state index in [1.165, 1.54) is 22.9 Å². The molecule has 1 saturated carbocycles. The van der Waals surface area contributed by atoms with Gasteiger partial charge in [-0.2, -0.15) is 0 Å². The summed E-state index contributed by atoms with van der Waals surface area (Å²) in [4.78, 5) is 0.398. The summed E-state index contributed by atoms with van der Waals surface area (Å²) in [7, 11) is 0. The molecule has 2 aliphatic heterocycles. The number of ether oxygens (including phenoxy) is 3. The van der Waals surface area contributed by atoms with Gasteiger partial charge in [-0.3, -0.25) is 0 Å². The normalized spacial score (nSPS) is 40.5. The van der Waals surface area contributed by atoms with Crippen LogP contribution in [0.1, 0.15) is 26.2 Å². The quantitative estimate of drug-likeness (QED) is 0.425. The van der Waals surface area contributed by atoms with Gasteiger partial charge in [-0.25, -0.2) is 0 Å². The fourth-order valence-corrected chi connectivity index (χ4v) is 7.36. The minimum atomic E-state index is -0.427. The molecule has 1 aromatic rings. The fourth-order valence-electron chi connectivity index (χ4n) is 4.23. The molecule has 128 valence electrons. The summed E-state index contributed by atoms with van der Waals surface area (Å²) in [5, 5.41) is 0. The Morgan fingerprint density at radius 3 is 2.75 bits per heavy atom. The van der Waals surface area contributed by atoms with Crippen LogP contribution in [0.2, 0.25) is 4.82 Å². The second kappa shape index (κ2) is 5.69. The second-order valence-electron chi connectivity index (χ2n) is 7.77. The molecule has 3 fully saturated rings. The molecule has 2 bridgehead atoms. The zero-order valence-corrected chi connectivity index (χ0v) is 15.8. The SMILES string of the molecule is CC1=C[C@@]2([C@@H]3CO3)CO[C@@](OCC3CC3)(C1)[C@H]2[Se]c1ccccc1. The van der Waals surface area contributed by atoms with E-state index >= 15 is 0 Å². The van der Waals surface area contributed by atoms with E-state index in [1.807, 2.05) is 0 Å². The topological polar surface area (TPSA) is 31.0 Å². The van der Waals surface area contributed by atoms with E-state index in [1.54, 1.807) is 0 Å². The first-order chi connectivity index (χ1) is 11.7. The van der Waals surface area contributed by atoms with E-state index in [-0.39, 0.29) is 5.41 Å². The molecule has 2 heterocycles. The summed E-state index contributed by atoms with van der Waals surface area (Å²) in [6, 6.07) is 10.9. The van der Waals surface area contributed by atoms with Gasteiger partial charge in [0.15, 0.2) is 0 Å². The van der Waals surface area contributed by atoms with Crippen LogP contribution < -0.4 is 4.46 Å². The molecular formula is C20H24O3Se. The molecule has 2 aliphatic carbocycles. The van der Waals surface area contributed by atoms with Crippen LogP contribution in [-0.2, 0) is 14.2 Å². The molecular weight excluding hydrogens is 367 g/mol. The van der Waals surface area contributed by atoms with Gasteiger partial charge in [0.2, 0.25) is 0 Å². The van der Waals surface area contributed by atoms with E-state index in [0.717, 1.165) is 32.2 Å². The van der Waals surface area contributed by atoms with Gasteiger partial charge in [-0.1, -0.05) is 0 Å². The molecule has 0 radical (unpaired) electrons. The van der Waals surface area contributed by atoms with Crippen LogP contribution >= 0.6 is 0 Å². The van der Waals surface area contributed by atoms with Crippen LogP contribution in [0.3, 0.4) is 0 Å². The standard InChI is InChI=1S/C20H24O3Se/c1-14-9-19(17-12-21-17)13-23-20(10-14,22-11-15-7-8-15)18(19)24-16-5-3-2-4-6-16/h2-6,9,15,17-18H,7-8,10-13H2,1H3/t17-,18-,19-,20-/m0/s1. The number of hydrogen-bond donors (Lipinski definition) is 0. The third-order valence-electron chi connectivity index (χ3n) is 5.68. The Morgan fingerprint density at radius 2 is 2.04 bits per heavy atom. The van der Waals surface area contributed by atoms with Crippen molar-refractivity contribution >= 4 is 19.4 Å². The maximum absolute atomic E-state index is 6.54. The first-order valence-electron chi connectivity index (χ1n) is 9.00. The molecule has 4 heteroatoms. The van der Waals surface area contributed by atoms with Gasteiger partial charge in [0.25, 0.3) is 0 Å². The Morgan fingerprint density at radius 1 is 1.25 bits per heavy atom. The predicted molar refractivity (Wildman–Crippen MR) is 93.5 cm³/mol. The van der Waals surface area contributed by atoms with Crippen molar-refractivity contribution in [1.29, 1.82) is 0 Å². The van der Waals surface area contributed by atoms with Crippen LogP contribution in [0, 0.1) is 11.3 Å². The van der Waals surface area contributed by atoms with E-state index in [9.17, 15) is 0 Å². The van der Waals surface area contributed by atoms with Crippen LogP contribution in [0.5, 0.6) is 0 Å². The van der Waals surface area contributed by atoms with Crippen molar-refractivity contribution in [2.24, 2.45) is 11.3 Å². The molecule has 0 aromatic heterocycles. The number of hydrogen-bond acceptors (Lipinski definition) is 3. The summed E-state index contributed by atoms with van der Waals surface area (Å²) in [5.74, 6) is 0.328. The van der Waals surface area contributed by atoms with E-state index in [4.69, 9.17) is 14.2 Å². The van der Waals surface area contributed by atoms with Crippen LogP contribution in [0.4, 0.5) is 0 Å². The zero-order valence-electron chi connectivity index (χ0n) is 14.1. The van der Waals surface area contributed by atoms with Crippen molar-refractivity contribution in [3.63, 3.8) is 0 Å². The van der Waals surface area contributed by atoms with Gasteiger partial charge in [0, 0.05) is 0 Å². The number of epoxide rings is 1. The average molecular weight is 391 g/mol. The first-order valence-corrected chi connectivity index (χ1v) is 10.8. The summed E-state index contributed by atoms with van der Waals surface area (Å²) in [6.45, 7) is 4.70.